The van der Waals surface area contributed by atoms with Crippen molar-refractivity contribution in [3.8, 4) is 11.5 Å². The van der Waals surface area contributed by atoms with E-state index in [1.54, 1.807) is 14.0 Å². The molecule has 0 radical (unpaired) electrons. The number of hydrogen-bond acceptors (Lipinski definition) is 6. The number of benzene rings is 2. The van der Waals surface area contributed by atoms with Gasteiger partial charge < -0.3 is 19.5 Å². The van der Waals surface area contributed by atoms with Crippen LogP contribution in [-0.4, -0.2) is 50.7 Å². The Kier molecular flexibility index (Phi) is 7.63. The second-order valence-electron chi connectivity index (χ2n) is 7.32. The first-order chi connectivity index (χ1) is 15.4. The third kappa shape index (κ3) is 5.34. The van der Waals surface area contributed by atoms with E-state index < -0.39 is 29.6 Å². The number of carbonyl (C=O) groups excluding carboxylic acids is 2. The zero-order valence-corrected chi connectivity index (χ0v) is 18.2. The number of halogens is 2. The van der Waals surface area contributed by atoms with E-state index in [0.29, 0.717) is 30.5 Å². The van der Waals surface area contributed by atoms with Crippen LogP contribution >= 0.6 is 0 Å². The number of rotatable bonds is 8. The molecule has 1 aliphatic rings. The molecule has 0 fully saturated rings. The van der Waals surface area contributed by atoms with Gasteiger partial charge in [0.25, 0.3) is 0 Å². The lowest BCUT2D eigenvalue weighted by molar-refractivity contribution is -0.145. The van der Waals surface area contributed by atoms with E-state index in [4.69, 9.17) is 14.2 Å². The smallest absolute Gasteiger partial charge is 0.307 e. The van der Waals surface area contributed by atoms with Gasteiger partial charge in [0, 0.05) is 18.7 Å². The molecule has 9 heteroatoms. The van der Waals surface area contributed by atoms with Crippen LogP contribution in [0.5, 0.6) is 11.5 Å². The van der Waals surface area contributed by atoms with Crippen molar-refractivity contribution in [3.63, 3.8) is 0 Å². The van der Waals surface area contributed by atoms with Gasteiger partial charge in [0.05, 0.1) is 39.5 Å². The van der Waals surface area contributed by atoms with E-state index >= 15 is 0 Å². The van der Waals surface area contributed by atoms with Gasteiger partial charge in [0.1, 0.15) is 11.6 Å². The van der Waals surface area contributed by atoms with E-state index in [1.807, 2.05) is 17.0 Å². The van der Waals surface area contributed by atoms with E-state index in [2.05, 4.69) is 5.32 Å². The first kappa shape index (κ1) is 23.5. The van der Waals surface area contributed by atoms with Crippen molar-refractivity contribution in [3.05, 3.63) is 53.1 Å². The molecule has 0 unspecified atom stereocenters. The SMILES string of the molecule is CCOC(=O)C[C@@H]1c2cc(OC)c(OC)cc2CCN1CC(=O)Nc1ccc(F)cc1F. The molecule has 1 atom stereocenters. The van der Waals surface area contributed by atoms with Crippen LogP contribution in [0.1, 0.15) is 30.5 Å². The Morgan fingerprint density at radius 1 is 1.12 bits per heavy atom. The van der Waals surface area contributed by atoms with Crippen LogP contribution < -0.4 is 14.8 Å². The molecule has 1 heterocycles. The molecule has 0 saturated carbocycles. The van der Waals surface area contributed by atoms with E-state index in [0.717, 1.165) is 17.2 Å². The standard InChI is InChI=1S/C23H26F2N2O5/c1-4-32-23(29)12-19-16-11-21(31-3)20(30-2)9-14(16)7-8-27(19)13-22(28)26-18-6-5-15(24)10-17(18)25/h5-6,9-11,19H,4,7-8,12-13H2,1-3H3,(H,26,28)/t19-/m1/s1. The quantitative estimate of drug-likeness (QED) is 0.624. The Morgan fingerprint density at radius 3 is 2.50 bits per heavy atom. The molecular weight excluding hydrogens is 422 g/mol. The molecule has 2 aromatic rings. The van der Waals surface area contributed by atoms with Gasteiger partial charge in [-0.1, -0.05) is 0 Å². The van der Waals surface area contributed by atoms with Crippen LogP contribution in [-0.2, 0) is 20.7 Å². The van der Waals surface area contributed by atoms with Crippen LogP contribution in [0.3, 0.4) is 0 Å². The summed E-state index contributed by atoms with van der Waals surface area (Å²) in [6.07, 6.45) is 0.654. The molecule has 172 valence electrons. The van der Waals surface area contributed by atoms with E-state index in [1.165, 1.54) is 13.2 Å². The lowest BCUT2D eigenvalue weighted by atomic mass is 9.90. The van der Waals surface area contributed by atoms with Crippen LogP contribution in [0.25, 0.3) is 0 Å². The molecule has 3 rings (SSSR count). The molecule has 0 aliphatic carbocycles. The van der Waals surface area contributed by atoms with Crippen molar-refractivity contribution in [1.82, 2.24) is 4.90 Å². The van der Waals surface area contributed by atoms with Gasteiger partial charge >= 0.3 is 5.97 Å². The number of fused-ring (bicyclic) bond motifs is 1. The minimum Gasteiger partial charge on any atom is -0.493 e. The summed E-state index contributed by atoms with van der Waals surface area (Å²) >= 11 is 0. The molecule has 32 heavy (non-hydrogen) atoms. The lowest BCUT2D eigenvalue weighted by Gasteiger charge is -2.37. The summed E-state index contributed by atoms with van der Waals surface area (Å²) in [5, 5.41) is 2.47. The van der Waals surface area contributed by atoms with E-state index in [-0.39, 0.29) is 25.3 Å². The number of hydrogen-bond donors (Lipinski definition) is 1. The highest BCUT2D eigenvalue weighted by atomic mass is 19.1. The topological polar surface area (TPSA) is 77.1 Å². The lowest BCUT2D eigenvalue weighted by Crippen LogP contribution is -2.41. The molecule has 2 aromatic carbocycles. The molecule has 0 spiro atoms. The van der Waals surface area contributed by atoms with Gasteiger partial charge in [-0.05, 0) is 48.7 Å². The van der Waals surface area contributed by atoms with Crippen LogP contribution in [0, 0.1) is 11.6 Å². The fraction of sp³-hybridized carbons (Fsp3) is 0.391. The van der Waals surface area contributed by atoms with Crippen LogP contribution in [0.4, 0.5) is 14.5 Å². The van der Waals surface area contributed by atoms with Crippen molar-refractivity contribution in [1.29, 1.82) is 0 Å². The van der Waals surface area contributed by atoms with Gasteiger partial charge in [-0.25, -0.2) is 8.78 Å². The minimum atomic E-state index is -0.859. The highest BCUT2D eigenvalue weighted by Gasteiger charge is 2.32. The highest BCUT2D eigenvalue weighted by Crippen LogP contribution is 2.39. The Morgan fingerprint density at radius 2 is 1.84 bits per heavy atom. The fourth-order valence-corrected chi connectivity index (χ4v) is 3.85. The van der Waals surface area contributed by atoms with E-state index in [9.17, 15) is 18.4 Å². The summed E-state index contributed by atoms with van der Waals surface area (Å²) in [5.41, 5.74) is 1.71. The Bertz CT molecular complexity index is 999. The number of nitrogens with one attached hydrogen (secondary N) is 1. The average molecular weight is 448 g/mol. The molecule has 0 saturated heterocycles. The normalized spacial score (nSPS) is 15.6. The summed E-state index contributed by atoms with van der Waals surface area (Å²) in [6, 6.07) is 6.18. The molecular formula is C23H26F2N2O5. The summed E-state index contributed by atoms with van der Waals surface area (Å²) in [4.78, 5) is 26.8. The average Bonchev–Trinajstić information content (AvgIpc) is 2.76. The zero-order valence-electron chi connectivity index (χ0n) is 18.2. The Balaban J connectivity index is 1.85. The summed E-state index contributed by atoms with van der Waals surface area (Å²) in [6.45, 7) is 2.37. The molecule has 7 nitrogen and oxygen atoms in total. The van der Waals surface area contributed by atoms with Crippen molar-refractivity contribution in [2.45, 2.75) is 25.8 Å². The zero-order chi connectivity index (χ0) is 23.3. The van der Waals surface area contributed by atoms with Crippen molar-refractivity contribution in [2.75, 3.05) is 39.2 Å². The van der Waals surface area contributed by atoms with Crippen molar-refractivity contribution >= 4 is 17.6 Å². The predicted molar refractivity (Wildman–Crippen MR) is 114 cm³/mol. The molecule has 1 amide bonds. The van der Waals surface area contributed by atoms with Gasteiger partial charge in [0.15, 0.2) is 11.5 Å². The number of nitrogens with zero attached hydrogens (tertiary/aromatic N) is 1. The van der Waals surface area contributed by atoms with Gasteiger partial charge in [-0.3, -0.25) is 14.5 Å². The van der Waals surface area contributed by atoms with Crippen molar-refractivity contribution < 1.29 is 32.6 Å². The molecule has 1 aliphatic heterocycles. The second-order valence-corrected chi connectivity index (χ2v) is 7.32. The number of carbonyl (C=O) groups is 2. The second kappa shape index (κ2) is 10.4. The third-order valence-electron chi connectivity index (χ3n) is 5.33. The summed E-state index contributed by atoms with van der Waals surface area (Å²) in [7, 11) is 3.07. The predicted octanol–water partition coefficient (Wildman–Crippen LogP) is 3.47. The monoisotopic (exact) mass is 448 g/mol. The Labute approximate surface area is 185 Å². The number of anilines is 1. The molecule has 1 N–H and O–H groups in total. The summed E-state index contributed by atoms with van der Waals surface area (Å²) < 4.78 is 43.0. The maximum Gasteiger partial charge on any atom is 0.307 e. The van der Waals surface area contributed by atoms with Gasteiger partial charge in [-0.2, -0.15) is 0 Å². The van der Waals surface area contributed by atoms with Gasteiger partial charge in [0.2, 0.25) is 5.91 Å². The first-order valence-corrected chi connectivity index (χ1v) is 10.3. The first-order valence-electron chi connectivity index (χ1n) is 10.3. The summed E-state index contributed by atoms with van der Waals surface area (Å²) in [5.74, 6) is -1.36. The molecule has 0 bridgehead atoms. The van der Waals surface area contributed by atoms with Gasteiger partial charge in [-0.15, -0.1) is 0 Å². The highest BCUT2D eigenvalue weighted by molar-refractivity contribution is 5.92. The van der Waals surface area contributed by atoms with Crippen molar-refractivity contribution in [2.24, 2.45) is 0 Å². The number of methoxy groups -OCH3 is 2. The fourth-order valence-electron chi connectivity index (χ4n) is 3.85. The third-order valence-corrected chi connectivity index (χ3v) is 5.33. The number of esters is 1. The van der Waals surface area contributed by atoms with Crippen LogP contribution in [0.15, 0.2) is 30.3 Å². The molecule has 0 aromatic heterocycles. The Hall–Kier alpha value is -3.20. The number of ether oxygens (including phenoxy) is 3. The largest absolute Gasteiger partial charge is 0.493 e. The minimum absolute atomic E-state index is 0.0362. The maximum atomic E-state index is 13.9. The maximum absolute atomic E-state index is 13.9. The number of amides is 1. The van der Waals surface area contributed by atoms with Crippen LogP contribution in [0.2, 0.25) is 0 Å².